The molecule has 0 aliphatic carbocycles. The predicted octanol–water partition coefficient (Wildman–Crippen LogP) is 2.62. The van der Waals surface area contributed by atoms with Gasteiger partial charge in [-0.1, -0.05) is 6.92 Å². The van der Waals surface area contributed by atoms with Gasteiger partial charge in [0, 0.05) is 11.1 Å². The van der Waals surface area contributed by atoms with Gasteiger partial charge in [-0.25, -0.2) is 4.79 Å². The van der Waals surface area contributed by atoms with Crippen LogP contribution in [0.25, 0.3) is 0 Å². The number of H-pyrrole nitrogens is 1. The van der Waals surface area contributed by atoms with Gasteiger partial charge in [-0.05, 0) is 37.2 Å². The molecular weight excluding hydrogens is 320 g/mol. The van der Waals surface area contributed by atoms with E-state index in [2.05, 4.69) is 20.8 Å². The summed E-state index contributed by atoms with van der Waals surface area (Å²) in [6.45, 7) is 4.53. The van der Waals surface area contributed by atoms with E-state index in [0.717, 1.165) is 22.6 Å². The largest absolute Gasteiger partial charge is 0.465 e. The van der Waals surface area contributed by atoms with Crippen molar-refractivity contribution in [2.45, 2.75) is 26.8 Å². The molecular formula is C14H18N4O2S2. The van der Waals surface area contributed by atoms with Crippen molar-refractivity contribution in [2.75, 3.05) is 12.4 Å². The highest BCUT2D eigenvalue weighted by Crippen LogP contribution is 2.33. The number of nitrogens with one attached hydrogen (secondary N) is 3. The Labute approximate surface area is 138 Å². The van der Waals surface area contributed by atoms with E-state index in [-0.39, 0.29) is 5.97 Å². The Bertz CT molecular complexity index is 665. The maximum atomic E-state index is 12.0. The first kappa shape index (κ1) is 16.4. The van der Waals surface area contributed by atoms with Gasteiger partial charge in [-0.15, -0.1) is 11.3 Å². The van der Waals surface area contributed by atoms with Gasteiger partial charge < -0.3 is 15.4 Å². The fourth-order valence-electron chi connectivity index (χ4n) is 2.12. The van der Waals surface area contributed by atoms with Crippen molar-refractivity contribution in [3.05, 3.63) is 34.0 Å². The number of carbonyl (C=O) groups excluding carboxylic acids is 1. The van der Waals surface area contributed by atoms with E-state index in [0.29, 0.717) is 22.2 Å². The SMILES string of the molecule is CCc1c(C)sc(NC(=S)NCc2ccn[nH]2)c1C(=O)OC. The van der Waals surface area contributed by atoms with E-state index in [4.69, 9.17) is 17.0 Å². The maximum Gasteiger partial charge on any atom is 0.341 e. The first-order chi connectivity index (χ1) is 10.6. The minimum atomic E-state index is -0.347. The number of thiocarbonyl (C=S) groups is 1. The molecule has 0 saturated heterocycles. The number of anilines is 1. The standard InChI is InChI=1S/C14H18N4O2S2/c1-4-10-8(2)22-12(11(10)13(19)20-3)17-14(21)15-7-9-5-6-16-18-9/h5-6H,4,7H2,1-3H3,(H,16,18)(H2,15,17,21). The summed E-state index contributed by atoms with van der Waals surface area (Å²) in [7, 11) is 1.38. The number of methoxy groups -OCH3 is 1. The number of aromatic nitrogens is 2. The van der Waals surface area contributed by atoms with E-state index in [1.54, 1.807) is 6.20 Å². The summed E-state index contributed by atoms with van der Waals surface area (Å²) in [6.07, 6.45) is 2.45. The zero-order chi connectivity index (χ0) is 16.1. The molecule has 0 aliphatic rings. The molecule has 118 valence electrons. The lowest BCUT2D eigenvalue weighted by molar-refractivity contribution is 0.0601. The van der Waals surface area contributed by atoms with E-state index in [9.17, 15) is 4.79 Å². The molecule has 22 heavy (non-hydrogen) atoms. The smallest absolute Gasteiger partial charge is 0.341 e. The molecule has 0 bridgehead atoms. The fraction of sp³-hybridized carbons (Fsp3) is 0.357. The molecule has 0 spiro atoms. The van der Waals surface area contributed by atoms with E-state index in [1.165, 1.54) is 18.4 Å². The van der Waals surface area contributed by atoms with Crippen LogP contribution in [0, 0.1) is 6.92 Å². The Kier molecular flexibility index (Phi) is 5.51. The second-order valence-electron chi connectivity index (χ2n) is 4.58. The molecule has 6 nitrogen and oxygen atoms in total. The lowest BCUT2D eigenvalue weighted by Gasteiger charge is -2.10. The van der Waals surface area contributed by atoms with Crippen molar-refractivity contribution in [1.82, 2.24) is 15.5 Å². The second-order valence-corrected chi connectivity index (χ2v) is 6.21. The lowest BCUT2D eigenvalue weighted by Crippen LogP contribution is -2.28. The van der Waals surface area contributed by atoms with Crippen LogP contribution in [0.15, 0.2) is 12.3 Å². The Morgan fingerprint density at radius 3 is 2.91 bits per heavy atom. The van der Waals surface area contributed by atoms with Crippen LogP contribution in [0.5, 0.6) is 0 Å². The Balaban J connectivity index is 2.11. The number of aryl methyl sites for hydroxylation is 1. The molecule has 2 heterocycles. The Morgan fingerprint density at radius 1 is 1.55 bits per heavy atom. The third kappa shape index (κ3) is 3.63. The zero-order valence-electron chi connectivity index (χ0n) is 12.6. The Hall–Kier alpha value is -1.93. The molecule has 2 aromatic heterocycles. The van der Waals surface area contributed by atoms with Crippen LogP contribution in [-0.4, -0.2) is 28.4 Å². The molecule has 0 fully saturated rings. The molecule has 0 unspecified atom stereocenters. The van der Waals surface area contributed by atoms with E-state index < -0.39 is 0 Å². The van der Waals surface area contributed by atoms with Crippen molar-refractivity contribution < 1.29 is 9.53 Å². The van der Waals surface area contributed by atoms with Crippen molar-refractivity contribution in [1.29, 1.82) is 0 Å². The van der Waals surface area contributed by atoms with Gasteiger partial charge in [-0.2, -0.15) is 5.10 Å². The highest BCUT2D eigenvalue weighted by molar-refractivity contribution is 7.80. The third-order valence-electron chi connectivity index (χ3n) is 3.18. The number of nitrogens with zero attached hydrogens (tertiary/aromatic N) is 1. The van der Waals surface area contributed by atoms with Crippen LogP contribution < -0.4 is 10.6 Å². The summed E-state index contributed by atoms with van der Waals surface area (Å²) in [4.78, 5) is 13.1. The summed E-state index contributed by atoms with van der Waals surface area (Å²) in [5, 5.41) is 14.0. The molecule has 3 N–H and O–H groups in total. The van der Waals surface area contributed by atoms with Gasteiger partial charge in [-0.3, -0.25) is 5.10 Å². The molecule has 0 radical (unpaired) electrons. The Morgan fingerprint density at radius 2 is 2.32 bits per heavy atom. The number of ether oxygens (including phenoxy) is 1. The van der Waals surface area contributed by atoms with Gasteiger partial charge in [0.05, 0.1) is 24.9 Å². The van der Waals surface area contributed by atoms with Crippen molar-refractivity contribution in [3.8, 4) is 0 Å². The van der Waals surface area contributed by atoms with Crippen LogP contribution in [-0.2, 0) is 17.7 Å². The topological polar surface area (TPSA) is 79.0 Å². The van der Waals surface area contributed by atoms with Crippen LogP contribution in [0.4, 0.5) is 5.00 Å². The number of hydrogen-bond acceptors (Lipinski definition) is 5. The molecule has 8 heteroatoms. The number of carbonyl (C=O) groups is 1. The predicted molar refractivity (Wildman–Crippen MR) is 91.4 cm³/mol. The average molecular weight is 338 g/mol. The van der Waals surface area contributed by atoms with Gasteiger partial charge in [0.15, 0.2) is 5.11 Å². The van der Waals surface area contributed by atoms with Gasteiger partial charge >= 0.3 is 5.97 Å². The summed E-state index contributed by atoms with van der Waals surface area (Å²) >= 11 is 6.78. The van der Waals surface area contributed by atoms with Gasteiger partial charge in [0.1, 0.15) is 5.00 Å². The molecule has 2 aromatic rings. The number of hydrogen-bond donors (Lipinski definition) is 3. The number of esters is 1. The normalized spacial score (nSPS) is 10.3. The van der Waals surface area contributed by atoms with Crippen LogP contribution in [0.1, 0.15) is 33.4 Å². The maximum absolute atomic E-state index is 12.0. The quantitative estimate of drug-likeness (QED) is 0.574. The van der Waals surface area contributed by atoms with Crippen molar-refractivity contribution >= 4 is 39.6 Å². The molecule has 0 aliphatic heterocycles. The summed E-state index contributed by atoms with van der Waals surface area (Å²) in [5.74, 6) is -0.347. The van der Waals surface area contributed by atoms with Crippen LogP contribution in [0.3, 0.4) is 0 Å². The van der Waals surface area contributed by atoms with E-state index >= 15 is 0 Å². The fourth-order valence-corrected chi connectivity index (χ4v) is 3.49. The first-order valence-corrected chi connectivity index (χ1v) is 8.03. The monoisotopic (exact) mass is 338 g/mol. The first-order valence-electron chi connectivity index (χ1n) is 6.80. The summed E-state index contributed by atoms with van der Waals surface area (Å²) in [6, 6.07) is 1.86. The lowest BCUT2D eigenvalue weighted by atomic mass is 10.1. The second kappa shape index (κ2) is 7.37. The highest BCUT2D eigenvalue weighted by Gasteiger charge is 2.22. The van der Waals surface area contributed by atoms with E-state index in [1.807, 2.05) is 19.9 Å². The molecule has 0 aromatic carbocycles. The molecule has 2 rings (SSSR count). The summed E-state index contributed by atoms with van der Waals surface area (Å²) < 4.78 is 4.88. The number of rotatable bonds is 5. The number of thiophene rings is 1. The zero-order valence-corrected chi connectivity index (χ0v) is 14.3. The highest BCUT2D eigenvalue weighted by atomic mass is 32.1. The molecule has 0 amide bonds. The van der Waals surface area contributed by atoms with Crippen molar-refractivity contribution in [3.63, 3.8) is 0 Å². The van der Waals surface area contributed by atoms with Crippen LogP contribution >= 0.6 is 23.6 Å². The van der Waals surface area contributed by atoms with Gasteiger partial charge in [0.25, 0.3) is 0 Å². The molecule has 0 atom stereocenters. The number of aromatic amines is 1. The average Bonchev–Trinajstić information content (AvgIpc) is 3.11. The minimum absolute atomic E-state index is 0.347. The third-order valence-corrected chi connectivity index (χ3v) is 4.49. The minimum Gasteiger partial charge on any atom is -0.465 e. The van der Waals surface area contributed by atoms with Crippen LogP contribution in [0.2, 0.25) is 0 Å². The molecule has 0 saturated carbocycles. The van der Waals surface area contributed by atoms with Crippen molar-refractivity contribution in [2.24, 2.45) is 0 Å². The van der Waals surface area contributed by atoms with Gasteiger partial charge in [0.2, 0.25) is 0 Å². The summed E-state index contributed by atoms with van der Waals surface area (Å²) in [5.41, 5.74) is 2.49.